The first-order valence-electron chi connectivity index (χ1n) is 16.0. The van der Waals surface area contributed by atoms with Crippen LogP contribution >= 0.6 is 11.6 Å². The average Bonchev–Trinajstić information content (AvgIpc) is 3.08. The summed E-state index contributed by atoms with van der Waals surface area (Å²) in [5.74, 6) is -5.08. The molecule has 2 saturated heterocycles. The van der Waals surface area contributed by atoms with Crippen LogP contribution in [0.5, 0.6) is 11.5 Å². The number of carbonyl (C=O) groups is 3. The number of nitrogens with one attached hydrogen (secondary N) is 1. The Balaban J connectivity index is 1.42. The fourth-order valence-electron chi connectivity index (χ4n) is 6.69. The largest absolute Gasteiger partial charge is 0.504 e. The number of hydrogen-bond acceptors (Lipinski definition) is 9. The van der Waals surface area contributed by atoms with Gasteiger partial charge in [-0.3, -0.25) is 24.2 Å². The Morgan fingerprint density at radius 2 is 1.53 bits per heavy atom. The molecule has 0 saturated carbocycles. The molecule has 3 unspecified atom stereocenters. The normalized spacial score (nSPS) is 20.0. The molecule has 2 fully saturated rings. The zero-order valence-electron chi connectivity index (χ0n) is 27.1. The smallest absolute Gasteiger partial charge is 0.311 e. The van der Waals surface area contributed by atoms with E-state index in [2.05, 4.69) is 10.2 Å². The molecule has 0 aromatic heterocycles. The summed E-state index contributed by atoms with van der Waals surface area (Å²) in [7, 11) is 1.24. The molecule has 262 valence electrons. The van der Waals surface area contributed by atoms with Crippen LogP contribution in [0.3, 0.4) is 0 Å². The third kappa shape index (κ3) is 9.24. The number of phenols is 1. The molecule has 49 heavy (non-hydrogen) atoms. The second kappa shape index (κ2) is 16.4. The number of amides is 2. The van der Waals surface area contributed by atoms with Crippen LogP contribution in [0.2, 0.25) is 5.02 Å². The number of piperazine rings is 2. The number of rotatable bonds is 12. The number of ether oxygens (including phenoxy) is 2. The fraction of sp³-hybridized carbons (Fsp3) is 0.400. The van der Waals surface area contributed by atoms with Crippen molar-refractivity contribution in [2.45, 2.75) is 25.2 Å². The van der Waals surface area contributed by atoms with Gasteiger partial charge in [-0.2, -0.15) is 0 Å². The average molecular weight is 700 g/mol. The lowest BCUT2D eigenvalue weighted by Gasteiger charge is -2.47. The van der Waals surface area contributed by atoms with Gasteiger partial charge in [0.1, 0.15) is 11.6 Å². The van der Waals surface area contributed by atoms with Gasteiger partial charge < -0.3 is 30.5 Å². The van der Waals surface area contributed by atoms with Gasteiger partial charge >= 0.3 is 5.97 Å². The van der Waals surface area contributed by atoms with Crippen molar-refractivity contribution in [3.8, 4) is 11.5 Å². The summed E-state index contributed by atoms with van der Waals surface area (Å²) in [5, 5.41) is 13.9. The molecule has 3 aromatic rings. The van der Waals surface area contributed by atoms with E-state index in [9.17, 15) is 28.3 Å². The lowest BCUT2D eigenvalue weighted by atomic mass is 9.78. The van der Waals surface area contributed by atoms with Gasteiger partial charge in [-0.15, -0.1) is 0 Å². The van der Waals surface area contributed by atoms with E-state index in [1.54, 1.807) is 24.3 Å². The van der Waals surface area contributed by atoms with Gasteiger partial charge in [0.15, 0.2) is 18.1 Å². The first-order valence-corrected chi connectivity index (χ1v) is 16.3. The number of nitrogens with zero attached hydrogens (tertiary/aromatic N) is 3. The maximum absolute atomic E-state index is 13.8. The van der Waals surface area contributed by atoms with Crippen LogP contribution in [0.4, 0.5) is 8.78 Å². The molecule has 11 nitrogen and oxygen atoms in total. The predicted octanol–water partition coefficient (Wildman–Crippen LogP) is 2.78. The number of carbonyl (C=O) groups excluding carboxylic acids is 3. The number of benzene rings is 3. The minimum absolute atomic E-state index is 0.0517. The molecule has 0 radical (unpaired) electrons. The van der Waals surface area contributed by atoms with Crippen LogP contribution in [-0.4, -0.2) is 103 Å². The molecule has 4 atom stereocenters. The number of aromatic hydroxyl groups is 1. The minimum atomic E-state index is -1.18. The topological polar surface area (TPSA) is 138 Å². The standard InChI is InChI=1S/C35H40ClF2N5O6/c1-48-35(47)32(27-19-41(13-12-40-27)17-22-2-7-25(37)8-3-22)33(34(39)46)28-20-42(18-23-4-9-26(38)10-5-23)14-15-43(28)31(45)21-49-30-11-6-24(36)16-29(30)44/h2-11,16,27-28,32-33,40,44H,12-15,17-21H2,1H3,(H2,39,46)/t27?,28?,32?,33-/m0/s1. The molecule has 2 aliphatic rings. The van der Waals surface area contributed by atoms with Crippen molar-refractivity contribution in [2.75, 3.05) is 53.0 Å². The zero-order chi connectivity index (χ0) is 35.1. The Morgan fingerprint density at radius 3 is 2.10 bits per heavy atom. The quantitative estimate of drug-likeness (QED) is 0.244. The molecular formula is C35H40ClF2N5O6. The Morgan fingerprint density at radius 1 is 0.918 bits per heavy atom. The highest BCUT2D eigenvalue weighted by molar-refractivity contribution is 6.30. The first kappa shape index (κ1) is 36.0. The molecule has 4 N–H and O–H groups in total. The highest BCUT2D eigenvalue weighted by Crippen LogP contribution is 2.32. The Labute approximate surface area is 288 Å². The van der Waals surface area contributed by atoms with E-state index in [0.717, 1.165) is 11.1 Å². The summed E-state index contributed by atoms with van der Waals surface area (Å²) in [5.41, 5.74) is 7.83. The lowest BCUT2D eigenvalue weighted by Crippen LogP contribution is -2.65. The van der Waals surface area contributed by atoms with Crippen molar-refractivity contribution in [1.82, 2.24) is 20.0 Å². The molecule has 2 aliphatic heterocycles. The number of halogens is 3. The van der Waals surface area contributed by atoms with Gasteiger partial charge in [-0.05, 0) is 47.5 Å². The number of nitrogens with two attached hydrogens (primary N) is 1. The van der Waals surface area contributed by atoms with E-state index in [0.29, 0.717) is 44.3 Å². The van der Waals surface area contributed by atoms with Crippen molar-refractivity contribution in [3.05, 3.63) is 94.5 Å². The predicted molar refractivity (Wildman–Crippen MR) is 177 cm³/mol. The monoisotopic (exact) mass is 699 g/mol. The molecule has 14 heteroatoms. The van der Waals surface area contributed by atoms with Crippen LogP contribution < -0.4 is 15.8 Å². The number of primary amides is 1. The van der Waals surface area contributed by atoms with Crippen molar-refractivity contribution in [2.24, 2.45) is 17.6 Å². The van der Waals surface area contributed by atoms with E-state index in [4.69, 9.17) is 26.8 Å². The highest BCUT2D eigenvalue weighted by atomic mass is 35.5. The number of phenolic OH excluding ortho intramolecular Hbond substituents is 1. The molecular weight excluding hydrogens is 660 g/mol. The molecule has 0 aliphatic carbocycles. The number of hydrogen-bond donors (Lipinski definition) is 3. The van der Waals surface area contributed by atoms with Gasteiger partial charge in [0.2, 0.25) is 5.91 Å². The summed E-state index contributed by atoms with van der Waals surface area (Å²) < 4.78 is 38.1. The van der Waals surface area contributed by atoms with Crippen LogP contribution in [0.15, 0.2) is 66.7 Å². The van der Waals surface area contributed by atoms with Crippen molar-refractivity contribution in [1.29, 1.82) is 0 Å². The molecule has 0 spiro atoms. The van der Waals surface area contributed by atoms with Gasteiger partial charge in [0, 0.05) is 69.5 Å². The Hall–Kier alpha value is -4.30. The van der Waals surface area contributed by atoms with Gasteiger partial charge in [0.25, 0.3) is 5.91 Å². The molecule has 2 heterocycles. The summed E-state index contributed by atoms with van der Waals surface area (Å²) >= 11 is 5.93. The van der Waals surface area contributed by atoms with Gasteiger partial charge in [0.05, 0.1) is 25.0 Å². The zero-order valence-corrected chi connectivity index (χ0v) is 27.8. The maximum atomic E-state index is 13.8. The van der Waals surface area contributed by atoms with Crippen molar-refractivity contribution in [3.63, 3.8) is 0 Å². The van der Waals surface area contributed by atoms with E-state index in [1.807, 2.05) is 4.90 Å². The molecule has 2 amide bonds. The van der Waals surface area contributed by atoms with E-state index < -0.39 is 48.3 Å². The lowest BCUT2D eigenvalue weighted by molar-refractivity contribution is -0.158. The van der Waals surface area contributed by atoms with E-state index in [1.165, 1.54) is 54.5 Å². The van der Waals surface area contributed by atoms with Crippen LogP contribution in [0, 0.1) is 23.5 Å². The third-order valence-electron chi connectivity index (χ3n) is 9.06. The van der Waals surface area contributed by atoms with E-state index in [-0.39, 0.29) is 36.2 Å². The molecule has 5 rings (SSSR count). The molecule has 0 bridgehead atoms. The summed E-state index contributed by atoms with van der Waals surface area (Å²) in [6.07, 6.45) is 0. The maximum Gasteiger partial charge on any atom is 0.311 e. The van der Waals surface area contributed by atoms with Crippen molar-refractivity contribution >= 4 is 29.4 Å². The fourth-order valence-corrected chi connectivity index (χ4v) is 6.86. The van der Waals surface area contributed by atoms with E-state index >= 15 is 0 Å². The van der Waals surface area contributed by atoms with Crippen molar-refractivity contribution < 1.29 is 37.7 Å². The highest BCUT2D eigenvalue weighted by Gasteiger charge is 2.49. The Kier molecular flexibility index (Phi) is 12.0. The number of esters is 1. The minimum Gasteiger partial charge on any atom is -0.504 e. The third-order valence-corrected chi connectivity index (χ3v) is 9.30. The number of methoxy groups -OCH3 is 1. The first-order chi connectivity index (χ1) is 23.5. The Bertz CT molecular complexity index is 1610. The van der Waals surface area contributed by atoms with Crippen LogP contribution in [-0.2, 0) is 32.2 Å². The SMILES string of the molecule is COC(=O)C(C1CN(Cc2ccc(F)cc2)CCN1)[C@@H](C(N)=O)C1CN(Cc2ccc(F)cc2)CCN1C(=O)COc1ccc(Cl)cc1O. The summed E-state index contributed by atoms with van der Waals surface area (Å²) in [4.78, 5) is 46.5. The van der Waals surface area contributed by atoms with Gasteiger partial charge in [-0.1, -0.05) is 35.9 Å². The van der Waals surface area contributed by atoms with Gasteiger partial charge in [-0.25, -0.2) is 8.78 Å². The summed E-state index contributed by atoms with van der Waals surface area (Å²) in [6, 6.07) is 15.0. The van der Waals surface area contributed by atoms with Crippen LogP contribution in [0.1, 0.15) is 11.1 Å². The second-order valence-electron chi connectivity index (χ2n) is 12.3. The summed E-state index contributed by atoms with van der Waals surface area (Å²) in [6.45, 7) is 2.65. The second-order valence-corrected chi connectivity index (χ2v) is 12.8. The molecule has 3 aromatic carbocycles. The van der Waals surface area contributed by atoms with Crippen LogP contribution in [0.25, 0.3) is 0 Å².